The van der Waals surface area contributed by atoms with Crippen LogP contribution in [0.15, 0.2) is 59.7 Å². The van der Waals surface area contributed by atoms with Gasteiger partial charge in [0.1, 0.15) is 5.76 Å². The molecule has 1 aliphatic heterocycles. The molecule has 0 N–H and O–H groups in total. The van der Waals surface area contributed by atoms with Crippen LogP contribution in [0.5, 0.6) is 0 Å². The Hall–Kier alpha value is -1.27. The molecule has 0 fully saturated rings. The van der Waals surface area contributed by atoms with Crippen LogP contribution in [-0.4, -0.2) is 6.66 Å². The highest BCUT2D eigenvalue weighted by molar-refractivity contribution is 7.63. The molecule has 2 aliphatic rings. The van der Waals surface area contributed by atoms with Gasteiger partial charge in [-0.2, -0.15) is 0 Å². The molecule has 2 rings (SSSR count). The second kappa shape index (κ2) is 3.95. The number of allylic oxidation sites excluding steroid dienone is 6. The minimum Gasteiger partial charge on any atom is -0.439 e. The van der Waals surface area contributed by atoms with Gasteiger partial charge in [0, 0.05) is 12.2 Å². The van der Waals surface area contributed by atoms with Crippen LogP contribution in [0.25, 0.3) is 0 Å². The molecule has 84 valence electrons. The van der Waals surface area contributed by atoms with E-state index < -0.39 is 7.37 Å². The summed E-state index contributed by atoms with van der Waals surface area (Å²) in [5.74, 6) is 0.592. The van der Waals surface area contributed by atoms with Crippen molar-refractivity contribution in [3.05, 3.63) is 59.7 Å². The molecule has 0 aromatic rings. The van der Waals surface area contributed by atoms with E-state index in [2.05, 4.69) is 13.2 Å². The molecule has 0 radical (unpaired) electrons. The Kier molecular flexibility index (Phi) is 2.77. The highest BCUT2D eigenvalue weighted by Gasteiger charge is 2.34. The molecule has 16 heavy (non-hydrogen) atoms. The first kappa shape index (κ1) is 11.2. The van der Waals surface area contributed by atoms with Crippen molar-refractivity contribution in [1.29, 1.82) is 0 Å². The van der Waals surface area contributed by atoms with Crippen molar-refractivity contribution in [2.45, 2.75) is 12.8 Å². The third-order valence-corrected chi connectivity index (χ3v) is 4.63. The van der Waals surface area contributed by atoms with Gasteiger partial charge in [-0.05, 0) is 24.5 Å². The Morgan fingerprint density at radius 3 is 3.00 bits per heavy atom. The van der Waals surface area contributed by atoms with E-state index in [9.17, 15) is 4.57 Å². The summed E-state index contributed by atoms with van der Waals surface area (Å²) >= 11 is 0. The summed E-state index contributed by atoms with van der Waals surface area (Å²) in [4.78, 5) is 0. The first-order valence-corrected chi connectivity index (χ1v) is 7.33. The van der Waals surface area contributed by atoms with E-state index in [1.54, 1.807) is 18.8 Å². The standard InChI is InChI=1S/C13H15O2P/c1-4-7-12-10(2)11-8-5-6-9-13(11)16(3,14)15-12/h4,6-7,9H,1-2,5,8H2,3H3/b12-7+. The Bertz CT molecular complexity index is 492. The average molecular weight is 234 g/mol. The maximum atomic E-state index is 12.4. The van der Waals surface area contributed by atoms with E-state index >= 15 is 0 Å². The lowest BCUT2D eigenvalue weighted by molar-refractivity contribution is 0.417. The molecule has 1 heterocycles. The van der Waals surface area contributed by atoms with Crippen molar-refractivity contribution < 1.29 is 9.09 Å². The molecule has 0 spiro atoms. The Morgan fingerprint density at radius 1 is 1.56 bits per heavy atom. The Balaban J connectivity index is 2.58. The molecule has 1 unspecified atom stereocenters. The van der Waals surface area contributed by atoms with Gasteiger partial charge in [-0.3, -0.25) is 4.57 Å². The number of rotatable bonds is 1. The van der Waals surface area contributed by atoms with Gasteiger partial charge in [0.2, 0.25) is 0 Å². The zero-order valence-corrected chi connectivity index (χ0v) is 10.3. The van der Waals surface area contributed by atoms with Crippen LogP contribution >= 0.6 is 7.37 Å². The smallest absolute Gasteiger partial charge is 0.274 e. The molecular formula is C13H15O2P. The summed E-state index contributed by atoms with van der Waals surface area (Å²) in [5.41, 5.74) is 1.92. The first-order chi connectivity index (χ1) is 7.56. The molecule has 0 bridgehead atoms. The highest BCUT2D eigenvalue weighted by atomic mass is 31.2. The van der Waals surface area contributed by atoms with Gasteiger partial charge in [-0.1, -0.05) is 31.4 Å². The van der Waals surface area contributed by atoms with Crippen molar-refractivity contribution in [2.24, 2.45) is 0 Å². The third-order valence-electron chi connectivity index (χ3n) is 2.79. The first-order valence-electron chi connectivity index (χ1n) is 5.26. The topological polar surface area (TPSA) is 26.3 Å². The number of hydrogen-bond donors (Lipinski definition) is 0. The van der Waals surface area contributed by atoms with Crippen molar-refractivity contribution in [3.8, 4) is 0 Å². The van der Waals surface area contributed by atoms with Crippen molar-refractivity contribution in [1.82, 2.24) is 0 Å². The van der Waals surface area contributed by atoms with E-state index in [0.29, 0.717) is 5.76 Å². The summed E-state index contributed by atoms with van der Waals surface area (Å²) < 4.78 is 17.9. The van der Waals surface area contributed by atoms with Crippen molar-refractivity contribution in [3.63, 3.8) is 0 Å². The van der Waals surface area contributed by atoms with Crippen LogP contribution in [0.2, 0.25) is 0 Å². The van der Waals surface area contributed by atoms with Gasteiger partial charge in [0.25, 0.3) is 7.37 Å². The fourth-order valence-corrected chi connectivity index (χ4v) is 3.77. The fourth-order valence-electron chi connectivity index (χ4n) is 2.02. The van der Waals surface area contributed by atoms with Gasteiger partial charge >= 0.3 is 0 Å². The molecule has 2 nitrogen and oxygen atoms in total. The second-order valence-corrected chi connectivity index (χ2v) is 6.34. The predicted molar refractivity (Wildman–Crippen MR) is 67.4 cm³/mol. The number of hydrogen-bond acceptors (Lipinski definition) is 2. The van der Waals surface area contributed by atoms with Gasteiger partial charge in [0.15, 0.2) is 0 Å². The quantitative estimate of drug-likeness (QED) is 0.637. The predicted octanol–water partition coefficient (Wildman–Crippen LogP) is 4.15. The summed E-state index contributed by atoms with van der Waals surface area (Å²) in [6.45, 7) is 9.29. The van der Waals surface area contributed by atoms with Crippen LogP contribution in [-0.2, 0) is 9.09 Å². The molecule has 0 amide bonds. The summed E-state index contributed by atoms with van der Waals surface area (Å²) in [6, 6.07) is 0. The van der Waals surface area contributed by atoms with Crippen molar-refractivity contribution >= 4 is 7.37 Å². The van der Waals surface area contributed by atoms with Crippen LogP contribution in [0.4, 0.5) is 0 Å². The fraction of sp³-hybridized carbons (Fsp3) is 0.231. The van der Waals surface area contributed by atoms with Crippen molar-refractivity contribution in [2.75, 3.05) is 6.66 Å². The maximum absolute atomic E-state index is 12.4. The molecule has 0 saturated heterocycles. The third kappa shape index (κ3) is 1.74. The molecule has 0 aromatic carbocycles. The molecule has 1 atom stereocenters. The summed E-state index contributed by atoms with van der Waals surface area (Å²) in [6.07, 6.45) is 9.16. The highest BCUT2D eigenvalue weighted by Crippen LogP contribution is 2.61. The minimum absolute atomic E-state index is 0.592. The van der Waals surface area contributed by atoms with E-state index in [1.165, 1.54) is 0 Å². The van der Waals surface area contributed by atoms with Gasteiger partial charge < -0.3 is 4.52 Å². The molecule has 3 heteroatoms. The Labute approximate surface area is 96.1 Å². The second-order valence-electron chi connectivity index (χ2n) is 3.99. The Morgan fingerprint density at radius 2 is 2.31 bits per heavy atom. The van der Waals surface area contributed by atoms with Crippen LogP contribution in [0.3, 0.4) is 0 Å². The summed E-state index contributed by atoms with van der Waals surface area (Å²) in [5, 5.41) is 0.824. The minimum atomic E-state index is -2.73. The van der Waals surface area contributed by atoms with Gasteiger partial charge in [0.05, 0.1) is 5.31 Å². The lowest BCUT2D eigenvalue weighted by atomic mass is 9.96. The average Bonchev–Trinajstić information content (AvgIpc) is 2.26. The molecule has 1 aliphatic carbocycles. The van der Waals surface area contributed by atoms with E-state index in [1.807, 2.05) is 12.2 Å². The lowest BCUT2D eigenvalue weighted by Gasteiger charge is -2.30. The van der Waals surface area contributed by atoms with Gasteiger partial charge in [-0.15, -0.1) is 0 Å². The SMILES string of the molecule is C=C/C=C1/OP(C)(=O)C2=C(CCC=C2)C1=C. The van der Waals surface area contributed by atoms with Gasteiger partial charge in [-0.25, -0.2) is 0 Å². The van der Waals surface area contributed by atoms with E-state index in [-0.39, 0.29) is 0 Å². The monoisotopic (exact) mass is 234 g/mol. The van der Waals surface area contributed by atoms with Crippen LogP contribution < -0.4 is 0 Å². The molecule has 0 saturated carbocycles. The maximum Gasteiger partial charge on any atom is 0.274 e. The van der Waals surface area contributed by atoms with Crippen LogP contribution in [0.1, 0.15) is 12.8 Å². The normalized spacial score (nSPS) is 31.3. The lowest BCUT2D eigenvalue weighted by Crippen LogP contribution is -2.09. The zero-order chi connectivity index (χ0) is 11.8. The van der Waals surface area contributed by atoms with Crippen LogP contribution in [0, 0.1) is 0 Å². The van der Waals surface area contributed by atoms with E-state index in [4.69, 9.17) is 4.52 Å². The molecular weight excluding hydrogens is 219 g/mol. The zero-order valence-electron chi connectivity index (χ0n) is 9.40. The summed E-state index contributed by atoms with van der Waals surface area (Å²) in [7, 11) is -2.73. The molecule has 0 aromatic heterocycles. The largest absolute Gasteiger partial charge is 0.439 e. The van der Waals surface area contributed by atoms with E-state index in [0.717, 1.165) is 29.3 Å².